The van der Waals surface area contributed by atoms with Crippen LogP contribution in [-0.4, -0.2) is 13.7 Å². The van der Waals surface area contributed by atoms with E-state index in [2.05, 4.69) is 65.3 Å². The first-order chi connectivity index (χ1) is 11.7. The fourth-order valence-corrected chi connectivity index (χ4v) is 3.29. The van der Waals surface area contributed by atoms with E-state index in [-0.39, 0.29) is 0 Å². The Morgan fingerprint density at radius 2 is 1.75 bits per heavy atom. The maximum absolute atomic E-state index is 6.01. The standard InChI is InChI=1S/C21H21BrO2/c1-3-4-13-24-21-12-11-16(18-7-5-6-8-20(18)22)17-10-9-15(23-2)14-19(17)21/h5-12,14H,3-4,13H2,1-2H3. The topological polar surface area (TPSA) is 18.5 Å². The van der Waals surface area contributed by atoms with Crippen LogP contribution in [0.5, 0.6) is 11.5 Å². The first kappa shape index (κ1) is 16.8. The molecule has 3 rings (SSSR count). The molecule has 124 valence electrons. The Bertz CT molecular complexity index is 842. The molecule has 0 aliphatic carbocycles. The molecule has 3 aromatic carbocycles. The molecule has 0 radical (unpaired) electrons. The summed E-state index contributed by atoms with van der Waals surface area (Å²) >= 11 is 3.66. The third kappa shape index (κ3) is 3.41. The predicted octanol–water partition coefficient (Wildman–Crippen LogP) is 6.46. The van der Waals surface area contributed by atoms with Crippen molar-refractivity contribution in [2.24, 2.45) is 0 Å². The predicted molar refractivity (Wildman–Crippen MR) is 104 cm³/mol. The third-order valence-electron chi connectivity index (χ3n) is 4.10. The maximum atomic E-state index is 6.01. The summed E-state index contributed by atoms with van der Waals surface area (Å²) < 4.78 is 12.5. The molecule has 0 aliphatic heterocycles. The van der Waals surface area contributed by atoms with E-state index in [9.17, 15) is 0 Å². The summed E-state index contributed by atoms with van der Waals surface area (Å²) in [5.74, 6) is 1.75. The molecule has 2 nitrogen and oxygen atoms in total. The van der Waals surface area contributed by atoms with Crippen molar-refractivity contribution in [2.45, 2.75) is 19.8 Å². The van der Waals surface area contributed by atoms with Crippen molar-refractivity contribution < 1.29 is 9.47 Å². The first-order valence-corrected chi connectivity index (χ1v) is 9.02. The van der Waals surface area contributed by atoms with E-state index >= 15 is 0 Å². The summed E-state index contributed by atoms with van der Waals surface area (Å²) in [6.45, 7) is 2.90. The molecule has 0 aliphatic rings. The molecule has 0 bridgehead atoms. The Morgan fingerprint density at radius 3 is 2.50 bits per heavy atom. The highest BCUT2D eigenvalue weighted by Gasteiger charge is 2.12. The SMILES string of the molecule is CCCCOc1ccc(-c2ccccc2Br)c2ccc(OC)cc12. The van der Waals surface area contributed by atoms with Gasteiger partial charge < -0.3 is 9.47 Å². The van der Waals surface area contributed by atoms with Crippen molar-refractivity contribution in [3.05, 3.63) is 59.1 Å². The highest BCUT2D eigenvalue weighted by atomic mass is 79.9. The van der Waals surface area contributed by atoms with Gasteiger partial charge in [0.2, 0.25) is 0 Å². The molecule has 3 heteroatoms. The molecule has 0 spiro atoms. The van der Waals surface area contributed by atoms with Crippen LogP contribution in [0.1, 0.15) is 19.8 Å². The summed E-state index contributed by atoms with van der Waals surface area (Å²) in [6, 6.07) is 18.6. The van der Waals surface area contributed by atoms with Gasteiger partial charge in [-0.25, -0.2) is 0 Å². The number of methoxy groups -OCH3 is 1. The lowest BCUT2D eigenvalue weighted by atomic mass is 9.97. The lowest BCUT2D eigenvalue weighted by molar-refractivity contribution is 0.313. The Balaban J connectivity index is 2.15. The number of rotatable bonds is 6. The van der Waals surface area contributed by atoms with Crippen molar-refractivity contribution in [2.75, 3.05) is 13.7 Å². The van der Waals surface area contributed by atoms with Gasteiger partial charge in [-0.2, -0.15) is 0 Å². The van der Waals surface area contributed by atoms with Gasteiger partial charge in [0.1, 0.15) is 11.5 Å². The van der Waals surface area contributed by atoms with E-state index < -0.39 is 0 Å². The molecule has 0 saturated heterocycles. The second-order valence-corrected chi connectivity index (χ2v) is 6.56. The van der Waals surface area contributed by atoms with Crippen LogP contribution in [0.25, 0.3) is 21.9 Å². The van der Waals surface area contributed by atoms with Crippen LogP contribution in [0.15, 0.2) is 59.1 Å². The van der Waals surface area contributed by atoms with Gasteiger partial charge in [0.25, 0.3) is 0 Å². The molecule has 0 fully saturated rings. The normalized spacial score (nSPS) is 10.8. The van der Waals surface area contributed by atoms with Crippen molar-refractivity contribution in [3.8, 4) is 22.6 Å². The molecule has 0 N–H and O–H groups in total. The average Bonchev–Trinajstić information content (AvgIpc) is 2.62. The summed E-state index contributed by atoms with van der Waals surface area (Å²) in [5, 5.41) is 2.25. The van der Waals surface area contributed by atoms with Gasteiger partial charge in [-0.05, 0) is 53.3 Å². The number of benzene rings is 3. The van der Waals surface area contributed by atoms with E-state index in [4.69, 9.17) is 9.47 Å². The van der Waals surface area contributed by atoms with Gasteiger partial charge >= 0.3 is 0 Å². The van der Waals surface area contributed by atoms with Gasteiger partial charge in [-0.3, -0.25) is 0 Å². The fourth-order valence-electron chi connectivity index (χ4n) is 2.79. The maximum Gasteiger partial charge on any atom is 0.127 e. The zero-order valence-corrected chi connectivity index (χ0v) is 15.6. The minimum atomic E-state index is 0.733. The zero-order chi connectivity index (χ0) is 16.9. The van der Waals surface area contributed by atoms with Crippen LogP contribution in [-0.2, 0) is 0 Å². The Morgan fingerprint density at radius 1 is 0.917 bits per heavy atom. The molecule has 0 saturated carbocycles. The van der Waals surface area contributed by atoms with Crippen LogP contribution in [0, 0.1) is 0 Å². The second kappa shape index (κ2) is 7.71. The van der Waals surface area contributed by atoms with Gasteiger partial charge in [0.15, 0.2) is 0 Å². The van der Waals surface area contributed by atoms with E-state index in [0.29, 0.717) is 0 Å². The molecule has 3 aromatic rings. The fraction of sp³-hybridized carbons (Fsp3) is 0.238. The van der Waals surface area contributed by atoms with Gasteiger partial charge in [-0.15, -0.1) is 0 Å². The summed E-state index contributed by atoms with van der Waals surface area (Å²) in [7, 11) is 1.69. The Labute approximate surface area is 151 Å². The molecule has 0 heterocycles. The molecule has 0 amide bonds. The lowest BCUT2D eigenvalue weighted by Crippen LogP contribution is -1.98. The summed E-state index contributed by atoms with van der Waals surface area (Å²) in [6.07, 6.45) is 2.17. The molecule has 0 atom stereocenters. The minimum Gasteiger partial charge on any atom is -0.497 e. The average molecular weight is 385 g/mol. The van der Waals surface area contributed by atoms with Gasteiger partial charge in [0.05, 0.1) is 13.7 Å². The zero-order valence-electron chi connectivity index (χ0n) is 14.0. The summed E-state index contributed by atoms with van der Waals surface area (Å²) in [5.41, 5.74) is 2.36. The minimum absolute atomic E-state index is 0.733. The largest absolute Gasteiger partial charge is 0.497 e. The van der Waals surface area contributed by atoms with Crippen LogP contribution in [0.2, 0.25) is 0 Å². The van der Waals surface area contributed by atoms with E-state index in [1.807, 2.05) is 12.1 Å². The van der Waals surface area contributed by atoms with Crippen LogP contribution in [0.3, 0.4) is 0 Å². The van der Waals surface area contributed by atoms with Crippen molar-refractivity contribution in [1.82, 2.24) is 0 Å². The van der Waals surface area contributed by atoms with Crippen LogP contribution >= 0.6 is 15.9 Å². The first-order valence-electron chi connectivity index (χ1n) is 8.23. The number of halogens is 1. The quantitative estimate of drug-likeness (QED) is 0.454. The molecule has 0 aromatic heterocycles. The summed E-state index contributed by atoms with van der Waals surface area (Å²) in [4.78, 5) is 0. The third-order valence-corrected chi connectivity index (χ3v) is 4.79. The highest BCUT2D eigenvalue weighted by molar-refractivity contribution is 9.10. The Hall–Kier alpha value is -2.00. The molecule has 24 heavy (non-hydrogen) atoms. The number of hydrogen-bond acceptors (Lipinski definition) is 2. The lowest BCUT2D eigenvalue weighted by Gasteiger charge is -2.14. The monoisotopic (exact) mass is 384 g/mol. The Kier molecular flexibility index (Phi) is 5.41. The van der Waals surface area contributed by atoms with Gasteiger partial charge in [-0.1, -0.05) is 53.5 Å². The number of fused-ring (bicyclic) bond motifs is 1. The van der Waals surface area contributed by atoms with E-state index in [0.717, 1.165) is 46.2 Å². The van der Waals surface area contributed by atoms with Crippen LogP contribution in [0.4, 0.5) is 0 Å². The van der Waals surface area contributed by atoms with Crippen molar-refractivity contribution in [1.29, 1.82) is 0 Å². The van der Waals surface area contributed by atoms with E-state index in [1.54, 1.807) is 7.11 Å². The molecule has 0 unspecified atom stereocenters. The van der Waals surface area contributed by atoms with Crippen molar-refractivity contribution >= 4 is 26.7 Å². The molecular formula is C21H21BrO2. The van der Waals surface area contributed by atoms with Gasteiger partial charge in [0, 0.05) is 9.86 Å². The number of unbranched alkanes of at least 4 members (excludes halogenated alkanes) is 1. The second-order valence-electron chi connectivity index (χ2n) is 5.70. The number of hydrogen-bond donors (Lipinski definition) is 0. The smallest absolute Gasteiger partial charge is 0.127 e. The van der Waals surface area contributed by atoms with Crippen LogP contribution < -0.4 is 9.47 Å². The van der Waals surface area contributed by atoms with E-state index in [1.165, 1.54) is 11.1 Å². The highest BCUT2D eigenvalue weighted by Crippen LogP contribution is 2.39. The number of ether oxygens (including phenoxy) is 2. The van der Waals surface area contributed by atoms with Crippen molar-refractivity contribution in [3.63, 3.8) is 0 Å². The molecular weight excluding hydrogens is 364 g/mol.